The molecule has 0 aromatic carbocycles. The summed E-state index contributed by atoms with van der Waals surface area (Å²) >= 11 is 0.602. The van der Waals surface area contributed by atoms with Gasteiger partial charge in [-0.15, -0.1) is 0 Å². The van der Waals surface area contributed by atoms with Crippen LogP contribution in [0.5, 0.6) is 0 Å². The zero-order valence-corrected chi connectivity index (χ0v) is 8.95. The molecular formula is C7H14N2O3S. The summed E-state index contributed by atoms with van der Waals surface area (Å²) in [5.41, 5.74) is -0.319. The highest BCUT2D eigenvalue weighted by Crippen LogP contribution is 2.01. The SMILES string of the molecule is COC(=O)SNC(=O)NC(C)(C)C. The fourth-order valence-electron chi connectivity index (χ4n) is 0.496. The lowest BCUT2D eigenvalue weighted by Gasteiger charge is -2.19. The van der Waals surface area contributed by atoms with Crippen LogP contribution in [0.1, 0.15) is 20.8 Å². The van der Waals surface area contributed by atoms with Crippen LogP contribution in [0.2, 0.25) is 0 Å². The minimum atomic E-state index is -0.552. The average molecular weight is 206 g/mol. The second kappa shape index (κ2) is 4.96. The summed E-state index contributed by atoms with van der Waals surface area (Å²) in [6, 6.07) is -0.414. The first kappa shape index (κ1) is 12.1. The number of urea groups is 1. The number of nitrogens with one attached hydrogen (secondary N) is 2. The number of amides is 2. The van der Waals surface area contributed by atoms with E-state index in [1.165, 1.54) is 7.11 Å². The van der Waals surface area contributed by atoms with E-state index in [-0.39, 0.29) is 5.54 Å². The number of methoxy groups -OCH3 is 1. The summed E-state index contributed by atoms with van der Waals surface area (Å²) in [5.74, 6) is 0. The number of hydrogen-bond acceptors (Lipinski definition) is 4. The molecule has 0 radical (unpaired) electrons. The fraction of sp³-hybridized carbons (Fsp3) is 0.714. The highest BCUT2D eigenvalue weighted by molar-refractivity contribution is 8.12. The summed E-state index contributed by atoms with van der Waals surface area (Å²) in [6.45, 7) is 5.53. The zero-order chi connectivity index (χ0) is 10.5. The molecule has 0 spiro atoms. The van der Waals surface area contributed by atoms with Gasteiger partial charge in [0.25, 0.3) is 0 Å². The summed E-state index contributed by atoms with van der Waals surface area (Å²) in [5, 5.41) is 2.07. The normalized spacial score (nSPS) is 10.5. The molecule has 76 valence electrons. The Hall–Kier alpha value is -0.910. The van der Waals surface area contributed by atoms with Gasteiger partial charge in [0, 0.05) is 5.54 Å². The van der Waals surface area contributed by atoms with E-state index < -0.39 is 11.3 Å². The van der Waals surface area contributed by atoms with Crippen LogP contribution in [0.25, 0.3) is 0 Å². The van der Waals surface area contributed by atoms with Gasteiger partial charge >= 0.3 is 11.3 Å². The monoisotopic (exact) mass is 206 g/mol. The van der Waals surface area contributed by atoms with Crippen molar-refractivity contribution in [1.82, 2.24) is 10.0 Å². The molecule has 0 aliphatic carbocycles. The van der Waals surface area contributed by atoms with Crippen molar-refractivity contribution in [2.24, 2.45) is 0 Å². The Morgan fingerprint density at radius 2 is 1.85 bits per heavy atom. The van der Waals surface area contributed by atoms with Crippen LogP contribution in [0.3, 0.4) is 0 Å². The van der Waals surface area contributed by atoms with Crippen molar-refractivity contribution >= 4 is 23.3 Å². The van der Waals surface area contributed by atoms with Gasteiger partial charge in [-0.05, 0) is 20.8 Å². The molecule has 2 N–H and O–H groups in total. The molecule has 0 fully saturated rings. The Labute approximate surface area is 81.7 Å². The molecule has 0 heterocycles. The van der Waals surface area contributed by atoms with E-state index in [0.29, 0.717) is 11.9 Å². The van der Waals surface area contributed by atoms with Crippen LogP contribution in [-0.4, -0.2) is 24.0 Å². The summed E-state index contributed by atoms with van der Waals surface area (Å²) in [7, 11) is 1.25. The number of carbonyl (C=O) groups excluding carboxylic acids is 2. The largest absolute Gasteiger partial charge is 0.460 e. The third kappa shape index (κ3) is 7.45. The first-order valence-corrected chi connectivity index (χ1v) is 4.50. The second-order valence-corrected chi connectivity index (χ2v) is 4.10. The summed E-state index contributed by atoms with van der Waals surface area (Å²) < 4.78 is 6.59. The van der Waals surface area contributed by atoms with Crippen molar-refractivity contribution in [3.63, 3.8) is 0 Å². The number of ether oxygens (including phenoxy) is 1. The maximum atomic E-state index is 11.0. The molecular weight excluding hydrogens is 192 g/mol. The Kier molecular flexibility index (Phi) is 4.61. The number of rotatable bonds is 0. The quantitative estimate of drug-likeness (QED) is 0.465. The van der Waals surface area contributed by atoms with Crippen LogP contribution in [0, 0.1) is 0 Å². The molecule has 5 nitrogen and oxygen atoms in total. The third-order valence-corrected chi connectivity index (χ3v) is 1.50. The van der Waals surface area contributed by atoms with Crippen molar-refractivity contribution in [2.45, 2.75) is 26.3 Å². The van der Waals surface area contributed by atoms with Gasteiger partial charge in [0.15, 0.2) is 0 Å². The van der Waals surface area contributed by atoms with Crippen LogP contribution in [0.4, 0.5) is 9.59 Å². The topological polar surface area (TPSA) is 67.4 Å². The molecule has 13 heavy (non-hydrogen) atoms. The van der Waals surface area contributed by atoms with E-state index in [1.54, 1.807) is 0 Å². The lowest BCUT2D eigenvalue weighted by Crippen LogP contribution is -2.44. The third-order valence-electron chi connectivity index (χ3n) is 0.882. The van der Waals surface area contributed by atoms with E-state index in [9.17, 15) is 9.59 Å². The summed E-state index contributed by atoms with van der Waals surface area (Å²) in [6.07, 6.45) is 0. The Bertz CT molecular complexity index is 200. The van der Waals surface area contributed by atoms with Gasteiger partial charge in [-0.25, -0.2) is 9.59 Å². The maximum Gasteiger partial charge on any atom is 0.387 e. The molecule has 0 aliphatic heterocycles. The standard InChI is InChI=1S/C7H14N2O3S/c1-7(2,3)8-5(10)9-13-6(11)12-4/h1-4H3,(H2,8,9,10). The van der Waals surface area contributed by atoms with Gasteiger partial charge in [0.05, 0.1) is 19.1 Å². The van der Waals surface area contributed by atoms with E-state index in [0.717, 1.165) is 0 Å². The molecule has 0 unspecified atom stereocenters. The van der Waals surface area contributed by atoms with Gasteiger partial charge in [0.1, 0.15) is 0 Å². The molecule has 0 rings (SSSR count). The number of carbonyl (C=O) groups is 2. The minimum absolute atomic E-state index is 0.319. The molecule has 0 atom stereocenters. The van der Waals surface area contributed by atoms with Gasteiger partial charge < -0.3 is 10.1 Å². The molecule has 2 amide bonds. The maximum absolute atomic E-state index is 11.0. The fourth-order valence-corrected chi connectivity index (χ4v) is 0.806. The highest BCUT2D eigenvalue weighted by Gasteiger charge is 2.14. The lowest BCUT2D eigenvalue weighted by molar-refractivity contribution is 0.199. The van der Waals surface area contributed by atoms with E-state index >= 15 is 0 Å². The molecule has 0 aromatic heterocycles. The van der Waals surface area contributed by atoms with Crippen molar-refractivity contribution in [2.75, 3.05) is 7.11 Å². The van der Waals surface area contributed by atoms with E-state index in [1.807, 2.05) is 20.8 Å². The van der Waals surface area contributed by atoms with Crippen LogP contribution in [-0.2, 0) is 4.74 Å². The van der Waals surface area contributed by atoms with Crippen LogP contribution < -0.4 is 10.0 Å². The number of hydrogen-bond donors (Lipinski definition) is 2. The highest BCUT2D eigenvalue weighted by atomic mass is 32.2. The van der Waals surface area contributed by atoms with Crippen LogP contribution in [0.15, 0.2) is 0 Å². The Morgan fingerprint density at radius 1 is 1.31 bits per heavy atom. The first-order chi connectivity index (χ1) is 5.85. The van der Waals surface area contributed by atoms with Crippen molar-refractivity contribution in [3.8, 4) is 0 Å². The predicted octanol–water partition coefficient (Wildman–Crippen LogP) is 1.50. The molecule has 0 saturated carbocycles. The van der Waals surface area contributed by atoms with Crippen LogP contribution >= 0.6 is 11.9 Å². The lowest BCUT2D eigenvalue weighted by atomic mass is 10.1. The molecule has 0 aliphatic rings. The molecule has 0 aromatic rings. The van der Waals surface area contributed by atoms with Crippen molar-refractivity contribution < 1.29 is 14.3 Å². The zero-order valence-electron chi connectivity index (χ0n) is 8.13. The minimum Gasteiger partial charge on any atom is -0.460 e. The second-order valence-electron chi connectivity index (χ2n) is 3.36. The van der Waals surface area contributed by atoms with Gasteiger partial charge in [-0.3, -0.25) is 4.72 Å². The van der Waals surface area contributed by atoms with Crippen molar-refractivity contribution in [3.05, 3.63) is 0 Å². The summed E-state index contributed by atoms with van der Waals surface area (Å²) in [4.78, 5) is 21.6. The van der Waals surface area contributed by atoms with Gasteiger partial charge in [-0.2, -0.15) is 0 Å². The molecule has 6 heteroatoms. The van der Waals surface area contributed by atoms with E-state index in [2.05, 4.69) is 14.8 Å². The van der Waals surface area contributed by atoms with Crippen molar-refractivity contribution in [1.29, 1.82) is 0 Å². The smallest absolute Gasteiger partial charge is 0.387 e. The van der Waals surface area contributed by atoms with Gasteiger partial charge in [-0.1, -0.05) is 0 Å². The Balaban J connectivity index is 3.71. The van der Waals surface area contributed by atoms with Gasteiger partial charge in [0.2, 0.25) is 0 Å². The average Bonchev–Trinajstić information content (AvgIpc) is 1.97. The Morgan fingerprint density at radius 3 is 2.23 bits per heavy atom. The molecule has 0 saturated heterocycles. The molecule has 0 bridgehead atoms. The van der Waals surface area contributed by atoms with E-state index in [4.69, 9.17) is 0 Å². The predicted molar refractivity (Wildman–Crippen MR) is 51.4 cm³/mol. The first-order valence-electron chi connectivity index (χ1n) is 3.68.